The highest BCUT2D eigenvalue weighted by atomic mass is 16.5. The number of Topliss-reactive ketones (excluding diaryl/α,β-unsaturated/α-hetero) is 1. The molecule has 0 aromatic heterocycles. The minimum atomic E-state index is -1.08. The molecule has 1 fully saturated rings. The van der Waals surface area contributed by atoms with E-state index in [0.717, 1.165) is 18.4 Å². The van der Waals surface area contributed by atoms with Gasteiger partial charge < -0.3 is 14.4 Å². The van der Waals surface area contributed by atoms with Gasteiger partial charge in [0.15, 0.2) is 0 Å². The standard InChI is InChI=1S/C20H27BO5/c1-2-25-20(23)18-10-6-9-15-12-16(21(24)26-19(15)18)13-17(22)11-14-7-4-3-5-8-14/h6,9-10,14,16,24H,2-5,7-8,11-13H2,1H3/t16-/m1/s1. The van der Waals surface area contributed by atoms with Crippen LogP contribution in [-0.4, -0.2) is 30.5 Å². The van der Waals surface area contributed by atoms with Gasteiger partial charge >= 0.3 is 13.1 Å². The lowest BCUT2D eigenvalue weighted by Crippen LogP contribution is -2.36. The van der Waals surface area contributed by atoms with Crippen LogP contribution in [0.1, 0.15) is 67.8 Å². The first-order valence-electron chi connectivity index (χ1n) is 9.74. The summed E-state index contributed by atoms with van der Waals surface area (Å²) in [5.74, 6) is 0.365. The first-order valence-corrected chi connectivity index (χ1v) is 9.74. The summed E-state index contributed by atoms with van der Waals surface area (Å²) in [6.07, 6.45) is 7.45. The number of rotatable bonds is 6. The van der Waals surface area contributed by atoms with Gasteiger partial charge in [0.2, 0.25) is 0 Å². The second-order valence-corrected chi connectivity index (χ2v) is 7.44. The maximum atomic E-state index is 12.5. The van der Waals surface area contributed by atoms with Crippen LogP contribution in [-0.2, 0) is 16.0 Å². The van der Waals surface area contributed by atoms with E-state index in [-0.39, 0.29) is 18.2 Å². The van der Waals surface area contributed by atoms with Gasteiger partial charge in [0, 0.05) is 18.7 Å². The Morgan fingerprint density at radius 1 is 1.23 bits per heavy atom. The maximum absolute atomic E-state index is 12.5. The average Bonchev–Trinajstić information content (AvgIpc) is 2.63. The van der Waals surface area contributed by atoms with Crippen molar-refractivity contribution in [2.24, 2.45) is 5.92 Å². The fourth-order valence-electron chi connectivity index (χ4n) is 4.12. The van der Waals surface area contributed by atoms with E-state index in [2.05, 4.69) is 0 Å². The highest BCUT2D eigenvalue weighted by Gasteiger charge is 2.38. The Balaban J connectivity index is 1.65. The van der Waals surface area contributed by atoms with Gasteiger partial charge in [-0.3, -0.25) is 4.79 Å². The molecular weight excluding hydrogens is 331 g/mol. The van der Waals surface area contributed by atoms with E-state index in [0.29, 0.717) is 36.5 Å². The van der Waals surface area contributed by atoms with Gasteiger partial charge in [-0.25, -0.2) is 4.79 Å². The van der Waals surface area contributed by atoms with Crippen molar-refractivity contribution in [1.29, 1.82) is 0 Å². The number of carbonyl (C=O) groups excluding carboxylic acids is 2. The molecule has 1 atom stereocenters. The topological polar surface area (TPSA) is 72.8 Å². The van der Waals surface area contributed by atoms with Crippen molar-refractivity contribution in [3.05, 3.63) is 29.3 Å². The van der Waals surface area contributed by atoms with Crippen molar-refractivity contribution >= 4 is 18.9 Å². The van der Waals surface area contributed by atoms with Crippen LogP contribution in [0, 0.1) is 5.92 Å². The number of fused-ring (bicyclic) bond motifs is 1. The predicted molar refractivity (Wildman–Crippen MR) is 99.3 cm³/mol. The molecule has 0 spiro atoms. The van der Waals surface area contributed by atoms with Crippen LogP contribution < -0.4 is 4.65 Å². The van der Waals surface area contributed by atoms with Gasteiger partial charge in [-0.2, -0.15) is 0 Å². The first kappa shape index (κ1) is 19.0. The molecule has 1 N–H and O–H groups in total. The predicted octanol–water partition coefficient (Wildman–Crippen LogP) is 3.58. The first-order chi connectivity index (χ1) is 12.6. The number of para-hydroxylation sites is 1. The Morgan fingerprint density at radius 3 is 2.73 bits per heavy atom. The van der Waals surface area contributed by atoms with E-state index in [1.165, 1.54) is 19.3 Å². The molecule has 2 aliphatic rings. The molecule has 0 saturated heterocycles. The molecule has 0 amide bonds. The Kier molecular flexibility index (Phi) is 6.36. The summed E-state index contributed by atoms with van der Waals surface area (Å²) in [6, 6.07) is 5.30. The van der Waals surface area contributed by atoms with Crippen LogP contribution >= 0.6 is 0 Å². The van der Waals surface area contributed by atoms with Crippen molar-refractivity contribution in [2.45, 2.75) is 64.1 Å². The number of carbonyl (C=O) groups is 2. The molecule has 1 aliphatic carbocycles. The number of esters is 1. The van der Waals surface area contributed by atoms with E-state index < -0.39 is 13.1 Å². The van der Waals surface area contributed by atoms with Crippen molar-refractivity contribution in [1.82, 2.24) is 0 Å². The summed E-state index contributed by atoms with van der Waals surface area (Å²) in [5, 5.41) is 10.4. The Labute approximate surface area is 155 Å². The van der Waals surface area contributed by atoms with Crippen LogP contribution in [0.25, 0.3) is 0 Å². The Morgan fingerprint density at radius 2 is 2.00 bits per heavy atom. The molecule has 1 aromatic rings. The van der Waals surface area contributed by atoms with Crippen LogP contribution in [0.3, 0.4) is 0 Å². The molecule has 5 nitrogen and oxygen atoms in total. The minimum Gasteiger partial charge on any atom is -0.535 e. The van der Waals surface area contributed by atoms with Crippen LogP contribution in [0.4, 0.5) is 0 Å². The van der Waals surface area contributed by atoms with Gasteiger partial charge in [0.1, 0.15) is 17.1 Å². The van der Waals surface area contributed by atoms with Crippen LogP contribution in [0.5, 0.6) is 5.75 Å². The molecule has 6 heteroatoms. The molecule has 0 radical (unpaired) electrons. The normalized spacial score (nSPS) is 20.2. The molecule has 3 rings (SSSR count). The molecule has 1 aliphatic heterocycles. The second-order valence-electron chi connectivity index (χ2n) is 7.44. The fourth-order valence-corrected chi connectivity index (χ4v) is 4.12. The third kappa shape index (κ3) is 4.47. The molecule has 0 bridgehead atoms. The number of ether oxygens (including phenoxy) is 1. The third-order valence-corrected chi connectivity index (χ3v) is 5.45. The molecule has 140 valence electrons. The quantitative estimate of drug-likeness (QED) is 0.622. The summed E-state index contributed by atoms with van der Waals surface area (Å²) >= 11 is 0. The number of ketones is 1. The van der Waals surface area contributed by atoms with Gasteiger partial charge in [-0.05, 0) is 30.9 Å². The van der Waals surface area contributed by atoms with E-state index in [1.54, 1.807) is 19.1 Å². The lowest BCUT2D eigenvalue weighted by Gasteiger charge is -2.29. The summed E-state index contributed by atoms with van der Waals surface area (Å²) in [5.41, 5.74) is 1.17. The zero-order valence-electron chi connectivity index (χ0n) is 15.4. The molecule has 1 heterocycles. The van der Waals surface area contributed by atoms with Gasteiger partial charge in [0.05, 0.1) is 6.61 Å². The molecule has 1 aromatic carbocycles. The zero-order valence-corrected chi connectivity index (χ0v) is 15.4. The maximum Gasteiger partial charge on any atom is 0.526 e. The SMILES string of the molecule is CCOC(=O)c1cccc2c1OB(O)[C@@H](CC(=O)CC1CCCCC1)C2. The summed E-state index contributed by atoms with van der Waals surface area (Å²) in [7, 11) is -1.08. The van der Waals surface area contributed by atoms with Gasteiger partial charge in [-0.1, -0.05) is 44.2 Å². The zero-order chi connectivity index (χ0) is 18.5. The fraction of sp³-hybridized carbons (Fsp3) is 0.600. The Bertz CT molecular complexity index is 654. The van der Waals surface area contributed by atoms with Crippen molar-refractivity contribution in [3.63, 3.8) is 0 Å². The average molecular weight is 358 g/mol. The molecule has 26 heavy (non-hydrogen) atoms. The van der Waals surface area contributed by atoms with E-state index >= 15 is 0 Å². The molecule has 1 saturated carbocycles. The van der Waals surface area contributed by atoms with E-state index in [1.807, 2.05) is 6.07 Å². The van der Waals surface area contributed by atoms with Crippen molar-refractivity contribution in [3.8, 4) is 5.75 Å². The summed E-state index contributed by atoms with van der Waals surface area (Å²) in [6.45, 7) is 2.03. The lowest BCUT2D eigenvalue weighted by atomic mass is 9.64. The van der Waals surface area contributed by atoms with Crippen LogP contribution in [0.2, 0.25) is 5.82 Å². The second kappa shape index (κ2) is 8.71. The summed E-state index contributed by atoms with van der Waals surface area (Å²) in [4.78, 5) is 24.5. The Hall–Kier alpha value is -1.82. The van der Waals surface area contributed by atoms with E-state index in [9.17, 15) is 14.6 Å². The minimum absolute atomic E-state index is 0.203. The molecular formula is C20H27BO5. The van der Waals surface area contributed by atoms with Crippen molar-refractivity contribution in [2.75, 3.05) is 6.61 Å². The number of hydrogen-bond acceptors (Lipinski definition) is 5. The smallest absolute Gasteiger partial charge is 0.526 e. The van der Waals surface area contributed by atoms with Crippen LogP contribution in [0.15, 0.2) is 18.2 Å². The third-order valence-electron chi connectivity index (χ3n) is 5.45. The molecule has 0 unspecified atom stereocenters. The van der Waals surface area contributed by atoms with Crippen molar-refractivity contribution < 1.29 is 24.0 Å². The number of benzene rings is 1. The lowest BCUT2D eigenvalue weighted by molar-refractivity contribution is -0.120. The monoisotopic (exact) mass is 358 g/mol. The highest BCUT2D eigenvalue weighted by molar-refractivity contribution is 6.47. The largest absolute Gasteiger partial charge is 0.535 e. The number of hydrogen-bond donors (Lipinski definition) is 1. The summed E-state index contributed by atoms with van der Waals surface area (Å²) < 4.78 is 10.7. The van der Waals surface area contributed by atoms with Gasteiger partial charge in [-0.15, -0.1) is 0 Å². The van der Waals surface area contributed by atoms with Gasteiger partial charge in [0.25, 0.3) is 0 Å². The highest BCUT2D eigenvalue weighted by Crippen LogP contribution is 2.37. The van der Waals surface area contributed by atoms with E-state index in [4.69, 9.17) is 9.39 Å².